The summed E-state index contributed by atoms with van der Waals surface area (Å²) in [5, 5.41) is 2.83. The molecule has 8 heteroatoms. The second kappa shape index (κ2) is 9.88. The summed E-state index contributed by atoms with van der Waals surface area (Å²) in [6.45, 7) is 4.18. The standard InChI is InChI=1S/C26H33N3O4S/c1-18(20-8-5-4-6-9-20)16-27-25(30)17-28(3)34(32,33)23-12-13-24-22(15-23)14-19(2)29(24)26(31)21-10-7-11-21/h4-6,8-9,12-13,15,18-19,21H,7,10-11,14,16-17H2,1-3H3,(H,27,30)/t18-,19+/m1/s1. The van der Waals surface area contributed by atoms with E-state index in [1.165, 1.54) is 7.05 Å². The topological polar surface area (TPSA) is 86.8 Å². The number of nitrogens with zero attached hydrogens (tertiary/aromatic N) is 2. The summed E-state index contributed by atoms with van der Waals surface area (Å²) in [4.78, 5) is 27.3. The van der Waals surface area contributed by atoms with E-state index in [-0.39, 0.29) is 41.1 Å². The van der Waals surface area contributed by atoms with Crippen LogP contribution in [0.2, 0.25) is 0 Å². The highest BCUT2D eigenvalue weighted by molar-refractivity contribution is 7.89. The van der Waals surface area contributed by atoms with Crippen LogP contribution in [0, 0.1) is 5.92 Å². The van der Waals surface area contributed by atoms with E-state index >= 15 is 0 Å². The molecule has 182 valence electrons. The van der Waals surface area contributed by atoms with E-state index in [4.69, 9.17) is 0 Å². The first-order valence-corrected chi connectivity index (χ1v) is 13.4. The Labute approximate surface area is 202 Å². The molecule has 1 fully saturated rings. The zero-order valence-electron chi connectivity index (χ0n) is 20.0. The molecular formula is C26H33N3O4S. The number of hydrogen-bond acceptors (Lipinski definition) is 4. The Morgan fingerprint density at radius 3 is 2.50 bits per heavy atom. The molecule has 7 nitrogen and oxygen atoms in total. The highest BCUT2D eigenvalue weighted by Gasteiger charge is 2.37. The molecule has 2 aromatic carbocycles. The van der Waals surface area contributed by atoms with Gasteiger partial charge in [-0.15, -0.1) is 0 Å². The summed E-state index contributed by atoms with van der Waals surface area (Å²) < 4.78 is 27.4. The molecule has 4 rings (SSSR count). The van der Waals surface area contributed by atoms with E-state index in [1.54, 1.807) is 18.2 Å². The first-order valence-electron chi connectivity index (χ1n) is 11.9. The van der Waals surface area contributed by atoms with Crippen LogP contribution in [-0.4, -0.2) is 50.7 Å². The number of fused-ring (bicyclic) bond motifs is 1. The van der Waals surface area contributed by atoms with Gasteiger partial charge < -0.3 is 10.2 Å². The molecule has 1 aliphatic carbocycles. The molecule has 0 aromatic heterocycles. The van der Waals surface area contributed by atoms with Gasteiger partial charge in [-0.05, 0) is 61.4 Å². The molecular weight excluding hydrogens is 450 g/mol. The smallest absolute Gasteiger partial charge is 0.243 e. The zero-order chi connectivity index (χ0) is 24.5. The second-order valence-electron chi connectivity index (χ2n) is 9.56. The lowest BCUT2D eigenvalue weighted by Gasteiger charge is -2.32. The fraction of sp³-hybridized carbons (Fsp3) is 0.462. The molecule has 0 saturated heterocycles. The minimum absolute atomic E-state index is 0.0103. The minimum Gasteiger partial charge on any atom is -0.354 e. The van der Waals surface area contributed by atoms with Crippen LogP contribution in [0.3, 0.4) is 0 Å². The van der Waals surface area contributed by atoms with Crippen LogP contribution in [0.4, 0.5) is 5.69 Å². The second-order valence-corrected chi connectivity index (χ2v) is 11.6. The lowest BCUT2D eigenvalue weighted by Crippen LogP contribution is -2.42. The summed E-state index contributed by atoms with van der Waals surface area (Å²) in [5.41, 5.74) is 2.77. The molecule has 0 radical (unpaired) electrons. The maximum absolute atomic E-state index is 13.2. The zero-order valence-corrected chi connectivity index (χ0v) is 20.8. The molecule has 34 heavy (non-hydrogen) atoms. The highest BCUT2D eigenvalue weighted by Crippen LogP contribution is 2.38. The maximum Gasteiger partial charge on any atom is 0.243 e. The molecule has 1 saturated carbocycles. The molecule has 2 atom stereocenters. The molecule has 1 aliphatic heterocycles. The molecule has 0 bridgehead atoms. The number of hydrogen-bond donors (Lipinski definition) is 1. The highest BCUT2D eigenvalue weighted by atomic mass is 32.2. The number of anilines is 1. The van der Waals surface area contributed by atoms with E-state index in [0.29, 0.717) is 13.0 Å². The van der Waals surface area contributed by atoms with Crippen LogP contribution < -0.4 is 10.2 Å². The third-order valence-electron chi connectivity index (χ3n) is 7.01. The minimum atomic E-state index is -3.84. The van der Waals surface area contributed by atoms with Crippen LogP contribution in [0.25, 0.3) is 0 Å². The van der Waals surface area contributed by atoms with Crippen molar-refractivity contribution >= 4 is 27.5 Å². The van der Waals surface area contributed by atoms with Crippen molar-refractivity contribution in [1.82, 2.24) is 9.62 Å². The molecule has 1 heterocycles. The first kappa shape index (κ1) is 24.4. The monoisotopic (exact) mass is 483 g/mol. The number of carbonyl (C=O) groups is 2. The molecule has 0 spiro atoms. The quantitative estimate of drug-likeness (QED) is 0.624. The van der Waals surface area contributed by atoms with Crippen molar-refractivity contribution in [1.29, 1.82) is 0 Å². The molecule has 1 N–H and O–H groups in total. The average Bonchev–Trinajstić information content (AvgIpc) is 3.11. The van der Waals surface area contributed by atoms with Gasteiger partial charge in [-0.1, -0.05) is 43.7 Å². The van der Waals surface area contributed by atoms with Crippen molar-refractivity contribution in [2.45, 2.75) is 56.4 Å². The fourth-order valence-corrected chi connectivity index (χ4v) is 5.82. The Bertz CT molecular complexity index is 1160. The van der Waals surface area contributed by atoms with Gasteiger partial charge in [0.1, 0.15) is 0 Å². The summed E-state index contributed by atoms with van der Waals surface area (Å²) in [6, 6.07) is 14.8. The Morgan fingerprint density at radius 1 is 1.15 bits per heavy atom. The third-order valence-corrected chi connectivity index (χ3v) is 8.81. The first-order chi connectivity index (χ1) is 16.2. The number of nitrogens with one attached hydrogen (secondary N) is 1. The van der Waals surface area contributed by atoms with Crippen molar-refractivity contribution in [3.8, 4) is 0 Å². The lowest BCUT2D eigenvalue weighted by atomic mass is 9.84. The Hall–Kier alpha value is -2.71. The van der Waals surface area contributed by atoms with Gasteiger partial charge in [0.05, 0.1) is 11.4 Å². The van der Waals surface area contributed by atoms with E-state index < -0.39 is 10.0 Å². The molecule has 2 aliphatic rings. The van der Waals surface area contributed by atoms with Crippen LogP contribution in [0.15, 0.2) is 53.4 Å². The predicted octanol–water partition coefficient (Wildman–Crippen LogP) is 3.30. The van der Waals surface area contributed by atoms with Crippen molar-refractivity contribution in [3.05, 3.63) is 59.7 Å². The number of rotatable bonds is 8. The molecule has 2 amide bonds. The number of likely N-dealkylation sites (N-methyl/N-ethyl adjacent to an activating group) is 1. The van der Waals surface area contributed by atoms with Crippen molar-refractivity contribution in [3.63, 3.8) is 0 Å². The van der Waals surface area contributed by atoms with Gasteiger partial charge >= 0.3 is 0 Å². The Morgan fingerprint density at radius 2 is 1.85 bits per heavy atom. The van der Waals surface area contributed by atoms with E-state index in [0.717, 1.165) is 40.4 Å². The summed E-state index contributed by atoms with van der Waals surface area (Å²) in [5.74, 6) is 0.00922. The van der Waals surface area contributed by atoms with E-state index in [9.17, 15) is 18.0 Å². The van der Waals surface area contributed by atoms with Gasteiger partial charge in [0, 0.05) is 31.2 Å². The molecule has 2 aromatic rings. The van der Waals surface area contributed by atoms with Crippen molar-refractivity contribution < 1.29 is 18.0 Å². The number of carbonyl (C=O) groups excluding carboxylic acids is 2. The summed E-state index contributed by atoms with van der Waals surface area (Å²) in [7, 11) is -2.43. The van der Waals surface area contributed by atoms with Crippen LogP contribution in [-0.2, 0) is 26.0 Å². The largest absolute Gasteiger partial charge is 0.354 e. The van der Waals surface area contributed by atoms with Gasteiger partial charge in [0.15, 0.2) is 0 Å². The number of benzene rings is 2. The summed E-state index contributed by atoms with van der Waals surface area (Å²) >= 11 is 0. The fourth-order valence-electron chi connectivity index (χ4n) is 4.65. The third kappa shape index (κ3) is 4.88. The number of sulfonamides is 1. The maximum atomic E-state index is 13.2. The van der Waals surface area contributed by atoms with Crippen molar-refractivity contribution in [2.24, 2.45) is 5.92 Å². The van der Waals surface area contributed by atoms with Gasteiger partial charge in [-0.25, -0.2) is 8.42 Å². The van der Waals surface area contributed by atoms with Gasteiger partial charge in [0.25, 0.3) is 0 Å². The number of amides is 2. The van der Waals surface area contributed by atoms with Crippen molar-refractivity contribution in [2.75, 3.05) is 25.0 Å². The van der Waals surface area contributed by atoms with Crippen LogP contribution >= 0.6 is 0 Å². The lowest BCUT2D eigenvalue weighted by molar-refractivity contribution is -0.125. The summed E-state index contributed by atoms with van der Waals surface area (Å²) in [6.07, 6.45) is 3.58. The van der Waals surface area contributed by atoms with E-state index in [1.807, 2.05) is 49.1 Å². The van der Waals surface area contributed by atoms with E-state index in [2.05, 4.69) is 5.32 Å². The molecule has 0 unspecified atom stereocenters. The predicted molar refractivity (Wildman–Crippen MR) is 132 cm³/mol. The van der Waals surface area contributed by atoms with Crippen LogP contribution in [0.5, 0.6) is 0 Å². The van der Waals surface area contributed by atoms with Gasteiger partial charge in [-0.3, -0.25) is 9.59 Å². The normalized spacial score (nSPS) is 18.9. The Balaban J connectivity index is 1.40. The Kier molecular flexibility index (Phi) is 7.09. The average molecular weight is 484 g/mol. The van der Waals surface area contributed by atoms with Gasteiger partial charge in [-0.2, -0.15) is 4.31 Å². The van der Waals surface area contributed by atoms with Crippen LogP contribution in [0.1, 0.15) is 50.2 Å². The van der Waals surface area contributed by atoms with Gasteiger partial charge in [0.2, 0.25) is 21.8 Å². The SMILES string of the molecule is C[C@H](CNC(=O)CN(C)S(=O)(=O)c1ccc2c(c1)C[C@H](C)N2C(=O)C1CCC1)c1ccccc1.